The Kier molecular flexibility index (Phi) is 2.94. The van der Waals surface area contributed by atoms with Gasteiger partial charge in [-0.2, -0.15) is 8.42 Å². The van der Waals surface area contributed by atoms with Crippen molar-refractivity contribution in [1.82, 2.24) is 0 Å². The molecule has 0 saturated heterocycles. The molecule has 2 rings (SSSR count). The van der Waals surface area contributed by atoms with E-state index in [1.807, 2.05) is 0 Å². The summed E-state index contributed by atoms with van der Waals surface area (Å²) in [5.74, 6) is -0.207. The van der Waals surface area contributed by atoms with Gasteiger partial charge in [-0.1, -0.05) is 0 Å². The highest BCUT2D eigenvalue weighted by Gasteiger charge is 2.59. The van der Waals surface area contributed by atoms with Gasteiger partial charge in [-0.05, 0) is 38.0 Å². The number of ether oxygens (including phenoxy) is 1. The molecule has 4 atom stereocenters. The Morgan fingerprint density at radius 2 is 2.06 bits per heavy atom. The van der Waals surface area contributed by atoms with Crippen molar-refractivity contribution in [2.45, 2.75) is 31.4 Å². The molecule has 4 nitrogen and oxygen atoms in total. The maximum absolute atomic E-state index is 12.8. The first-order valence-corrected chi connectivity index (χ1v) is 7.00. The fourth-order valence-electron chi connectivity index (χ4n) is 2.80. The summed E-state index contributed by atoms with van der Waals surface area (Å²) in [6, 6.07) is 0. The number of hydrogen-bond donors (Lipinski definition) is 0. The van der Waals surface area contributed by atoms with Crippen LogP contribution in [0.15, 0.2) is 0 Å². The Labute approximate surface area is 94.4 Å². The van der Waals surface area contributed by atoms with E-state index in [4.69, 9.17) is 4.74 Å². The lowest BCUT2D eigenvalue weighted by Gasteiger charge is -2.16. The van der Waals surface area contributed by atoms with Crippen LogP contribution in [0.25, 0.3) is 0 Å². The summed E-state index contributed by atoms with van der Waals surface area (Å²) in [6.07, 6.45) is 1.21. The normalized spacial score (nSPS) is 37.6. The first-order valence-electron chi connectivity index (χ1n) is 5.55. The Hall–Kier alpha value is -0.650. The third-order valence-electron chi connectivity index (χ3n) is 3.65. The molecule has 0 heterocycles. The fourth-order valence-corrected chi connectivity index (χ4v) is 3.67. The van der Waals surface area contributed by atoms with Gasteiger partial charge in [0.1, 0.15) is 0 Å². The van der Waals surface area contributed by atoms with E-state index in [0.717, 1.165) is 0 Å². The Morgan fingerprint density at radius 1 is 1.38 bits per heavy atom. The molecule has 2 aliphatic carbocycles. The van der Waals surface area contributed by atoms with E-state index in [1.165, 1.54) is 0 Å². The third kappa shape index (κ3) is 2.07. The lowest BCUT2D eigenvalue weighted by atomic mass is 10.0. The molecule has 0 aromatic carbocycles. The van der Waals surface area contributed by atoms with E-state index in [1.54, 1.807) is 6.92 Å². The number of esters is 1. The zero-order valence-corrected chi connectivity index (χ0v) is 9.87. The van der Waals surface area contributed by atoms with Crippen LogP contribution in [0.4, 0.5) is 3.89 Å². The second-order valence-electron chi connectivity index (χ2n) is 4.52. The van der Waals surface area contributed by atoms with Crippen molar-refractivity contribution in [3.05, 3.63) is 0 Å². The maximum Gasteiger partial charge on any atom is 0.309 e. The van der Waals surface area contributed by atoms with Gasteiger partial charge in [0, 0.05) is 0 Å². The van der Waals surface area contributed by atoms with Crippen molar-refractivity contribution in [3.8, 4) is 0 Å². The SMILES string of the molecule is CCOC(=O)C1C2CCC(S(=O)(=O)F)CC21. The Bertz CT molecular complexity index is 392. The highest BCUT2D eigenvalue weighted by Crippen LogP contribution is 2.56. The highest BCUT2D eigenvalue weighted by molar-refractivity contribution is 7.87. The van der Waals surface area contributed by atoms with Gasteiger partial charge in [0.2, 0.25) is 0 Å². The molecule has 0 radical (unpaired) electrons. The first-order chi connectivity index (χ1) is 7.45. The molecule has 16 heavy (non-hydrogen) atoms. The van der Waals surface area contributed by atoms with E-state index < -0.39 is 15.5 Å². The lowest BCUT2D eigenvalue weighted by Crippen LogP contribution is -2.21. The Morgan fingerprint density at radius 3 is 2.62 bits per heavy atom. The smallest absolute Gasteiger partial charge is 0.309 e. The summed E-state index contributed by atoms with van der Waals surface area (Å²) in [7, 11) is -4.45. The minimum absolute atomic E-state index is 0.0170. The van der Waals surface area contributed by atoms with Gasteiger partial charge >= 0.3 is 16.2 Å². The number of hydrogen-bond acceptors (Lipinski definition) is 4. The van der Waals surface area contributed by atoms with Crippen LogP contribution in [-0.2, 0) is 19.8 Å². The molecular weight excluding hydrogens is 235 g/mol. The molecule has 0 aliphatic heterocycles. The number of carbonyl (C=O) groups is 1. The van der Waals surface area contributed by atoms with Gasteiger partial charge in [0.15, 0.2) is 0 Å². The first kappa shape index (κ1) is 11.8. The largest absolute Gasteiger partial charge is 0.466 e. The van der Waals surface area contributed by atoms with E-state index in [2.05, 4.69) is 0 Å². The third-order valence-corrected chi connectivity index (χ3v) is 4.87. The summed E-state index contributed by atoms with van der Waals surface area (Å²) in [5, 5.41) is -0.909. The molecule has 2 aliphatic rings. The van der Waals surface area contributed by atoms with Crippen molar-refractivity contribution in [2.75, 3.05) is 6.61 Å². The topological polar surface area (TPSA) is 60.4 Å². The van der Waals surface area contributed by atoms with Crippen molar-refractivity contribution in [2.24, 2.45) is 17.8 Å². The minimum Gasteiger partial charge on any atom is -0.466 e. The molecule has 2 saturated carbocycles. The zero-order chi connectivity index (χ0) is 11.9. The van der Waals surface area contributed by atoms with E-state index in [-0.39, 0.29) is 30.1 Å². The second kappa shape index (κ2) is 3.98. The molecule has 0 aromatic rings. The summed E-state index contributed by atoms with van der Waals surface area (Å²) in [6.45, 7) is 2.07. The molecule has 0 amide bonds. The minimum atomic E-state index is -4.45. The Balaban J connectivity index is 1.96. The zero-order valence-electron chi connectivity index (χ0n) is 9.06. The molecule has 0 aromatic heterocycles. The number of carbonyl (C=O) groups excluding carboxylic acids is 1. The average Bonchev–Trinajstić information content (AvgIpc) is 2.89. The van der Waals surface area contributed by atoms with Gasteiger partial charge in [0.25, 0.3) is 0 Å². The van der Waals surface area contributed by atoms with E-state index in [0.29, 0.717) is 19.4 Å². The quantitative estimate of drug-likeness (QED) is 0.559. The van der Waals surface area contributed by atoms with Crippen molar-refractivity contribution in [1.29, 1.82) is 0 Å². The summed E-state index contributed by atoms with van der Waals surface area (Å²) >= 11 is 0. The molecule has 2 fully saturated rings. The van der Waals surface area contributed by atoms with Crippen molar-refractivity contribution >= 4 is 16.2 Å². The number of rotatable bonds is 3. The molecule has 0 spiro atoms. The molecule has 0 bridgehead atoms. The van der Waals surface area contributed by atoms with Crippen molar-refractivity contribution < 1.29 is 21.8 Å². The highest BCUT2D eigenvalue weighted by atomic mass is 32.3. The predicted octanol–water partition coefficient (Wildman–Crippen LogP) is 1.26. The van der Waals surface area contributed by atoms with Crippen LogP contribution in [0.3, 0.4) is 0 Å². The van der Waals surface area contributed by atoms with Crippen LogP contribution in [-0.4, -0.2) is 26.2 Å². The van der Waals surface area contributed by atoms with E-state index in [9.17, 15) is 17.1 Å². The molecule has 4 unspecified atom stereocenters. The average molecular weight is 250 g/mol. The lowest BCUT2D eigenvalue weighted by molar-refractivity contribution is -0.145. The van der Waals surface area contributed by atoms with Gasteiger partial charge < -0.3 is 4.74 Å². The van der Waals surface area contributed by atoms with Gasteiger partial charge in [-0.15, -0.1) is 3.89 Å². The van der Waals surface area contributed by atoms with Crippen LogP contribution in [0, 0.1) is 17.8 Å². The van der Waals surface area contributed by atoms with Crippen LogP contribution in [0.1, 0.15) is 26.2 Å². The van der Waals surface area contributed by atoms with Crippen LogP contribution in [0.5, 0.6) is 0 Å². The standard InChI is InChI=1S/C10H15FO4S/c1-2-15-10(12)9-7-4-3-6(5-8(7)9)16(11,13)14/h6-9H,2-5H2,1H3. The maximum atomic E-state index is 12.8. The molecule has 6 heteroatoms. The predicted molar refractivity (Wildman–Crippen MR) is 54.8 cm³/mol. The van der Waals surface area contributed by atoms with Crippen LogP contribution < -0.4 is 0 Å². The van der Waals surface area contributed by atoms with Crippen LogP contribution in [0.2, 0.25) is 0 Å². The molecule has 92 valence electrons. The monoisotopic (exact) mass is 250 g/mol. The fraction of sp³-hybridized carbons (Fsp3) is 0.900. The summed E-state index contributed by atoms with van der Waals surface area (Å²) in [4.78, 5) is 11.5. The summed E-state index contributed by atoms with van der Waals surface area (Å²) in [5.41, 5.74) is 0. The number of halogens is 1. The molecular formula is C10H15FO4S. The summed E-state index contributed by atoms with van der Waals surface area (Å²) < 4.78 is 39.2. The second-order valence-corrected chi connectivity index (χ2v) is 6.13. The number of fused-ring (bicyclic) bond motifs is 1. The van der Waals surface area contributed by atoms with Crippen LogP contribution >= 0.6 is 0 Å². The van der Waals surface area contributed by atoms with Gasteiger partial charge in [-0.25, -0.2) is 0 Å². The van der Waals surface area contributed by atoms with Gasteiger partial charge in [-0.3, -0.25) is 4.79 Å². The van der Waals surface area contributed by atoms with Gasteiger partial charge in [0.05, 0.1) is 17.8 Å². The van der Waals surface area contributed by atoms with E-state index >= 15 is 0 Å². The van der Waals surface area contributed by atoms with Crippen molar-refractivity contribution in [3.63, 3.8) is 0 Å². The molecule has 0 N–H and O–H groups in total.